The highest BCUT2D eigenvalue weighted by Gasteiger charge is 2.41. The Balaban J connectivity index is 1.78. The van der Waals surface area contributed by atoms with Gasteiger partial charge in [-0.25, -0.2) is 0 Å². The molecule has 1 aliphatic rings. The lowest BCUT2D eigenvalue weighted by Crippen LogP contribution is -2.42. The van der Waals surface area contributed by atoms with Crippen LogP contribution >= 0.6 is 15.9 Å². The number of halogens is 4. The molecule has 7 heteroatoms. The van der Waals surface area contributed by atoms with Crippen LogP contribution in [0.1, 0.15) is 23.2 Å². The quantitative estimate of drug-likeness (QED) is 0.791. The van der Waals surface area contributed by atoms with Gasteiger partial charge >= 0.3 is 6.18 Å². The molecule has 2 heterocycles. The van der Waals surface area contributed by atoms with Crippen LogP contribution in [0.3, 0.4) is 0 Å². The fourth-order valence-corrected chi connectivity index (χ4v) is 3.21. The molecule has 3 nitrogen and oxygen atoms in total. The van der Waals surface area contributed by atoms with Crippen molar-refractivity contribution in [1.29, 1.82) is 0 Å². The number of aromatic nitrogens is 1. The van der Waals surface area contributed by atoms with Gasteiger partial charge in [0.05, 0.1) is 11.5 Å². The molecule has 1 amide bonds. The molecular weight excluding hydrogens is 361 g/mol. The first-order chi connectivity index (χ1) is 10.4. The number of hydrogen-bond acceptors (Lipinski definition) is 1. The van der Waals surface area contributed by atoms with E-state index in [0.29, 0.717) is 5.56 Å². The number of nitrogens with zero attached hydrogens (tertiary/aromatic N) is 1. The lowest BCUT2D eigenvalue weighted by atomic mass is 9.96. The third kappa shape index (κ3) is 2.86. The van der Waals surface area contributed by atoms with Crippen molar-refractivity contribution in [2.45, 2.75) is 19.0 Å². The van der Waals surface area contributed by atoms with Crippen LogP contribution in [-0.4, -0.2) is 35.1 Å². The van der Waals surface area contributed by atoms with Gasteiger partial charge in [-0.3, -0.25) is 4.79 Å². The molecule has 1 aromatic carbocycles. The summed E-state index contributed by atoms with van der Waals surface area (Å²) < 4.78 is 38.9. The molecule has 1 saturated heterocycles. The summed E-state index contributed by atoms with van der Waals surface area (Å²) in [6.07, 6.45) is -2.60. The number of nitrogens with one attached hydrogen (secondary N) is 1. The minimum absolute atomic E-state index is 0.0265. The zero-order valence-corrected chi connectivity index (χ0v) is 13.2. The van der Waals surface area contributed by atoms with Crippen LogP contribution in [-0.2, 0) is 0 Å². The number of fused-ring (bicyclic) bond motifs is 1. The highest BCUT2D eigenvalue weighted by molar-refractivity contribution is 9.10. The largest absolute Gasteiger partial charge is 0.391 e. The fraction of sp³-hybridized carbons (Fsp3) is 0.400. The summed E-state index contributed by atoms with van der Waals surface area (Å²) in [5, 5.41) is 0.775. The Morgan fingerprint density at radius 2 is 1.95 bits per heavy atom. The van der Waals surface area contributed by atoms with Crippen molar-refractivity contribution in [3.63, 3.8) is 0 Å². The van der Waals surface area contributed by atoms with Crippen LogP contribution in [0.15, 0.2) is 28.9 Å². The molecule has 118 valence electrons. The smallest absolute Gasteiger partial charge is 0.360 e. The van der Waals surface area contributed by atoms with E-state index in [-0.39, 0.29) is 31.8 Å². The van der Waals surface area contributed by atoms with E-state index in [4.69, 9.17) is 0 Å². The minimum atomic E-state index is -4.17. The number of rotatable bonds is 1. The van der Waals surface area contributed by atoms with Crippen molar-refractivity contribution < 1.29 is 18.0 Å². The Kier molecular flexibility index (Phi) is 3.92. The molecule has 0 aliphatic carbocycles. The van der Waals surface area contributed by atoms with Crippen molar-refractivity contribution in [3.8, 4) is 0 Å². The maximum atomic E-state index is 12.7. The molecule has 22 heavy (non-hydrogen) atoms. The summed E-state index contributed by atoms with van der Waals surface area (Å²) in [4.78, 5) is 17.1. The Morgan fingerprint density at radius 1 is 1.27 bits per heavy atom. The fourth-order valence-electron chi connectivity index (χ4n) is 2.85. The molecule has 3 rings (SSSR count). The molecule has 1 aliphatic heterocycles. The van der Waals surface area contributed by atoms with E-state index in [1.165, 1.54) is 4.90 Å². The van der Waals surface area contributed by atoms with Crippen molar-refractivity contribution in [2.24, 2.45) is 5.92 Å². The number of benzene rings is 1. The molecule has 0 saturated carbocycles. The number of alkyl halides is 3. The first kappa shape index (κ1) is 15.4. The molecule has 1 N–H and O–H groups in total. The number of aromatic amines is 1. The van der Waals surface area contributed by atoms with Gasteiger partial charge in [0.1, 0.15) is 0 Å². The molecule has 0 atom stereocenters. The van der Waals surface area contributed by atoms with Gasteiger partial charge in [-0.15, -0.1) is 0 Å². The lowest BCUT2D eigenvalue weighted by molar-refractivity contribution is -0.183. The van der Waals surface area contributed by atoms with Crippen molar-refractivity contribution in [2.75, 3.05) is 13.1 Å². The summed E-state index contributed by atoms with van der Waals surface area (Å²) in [6, 6.07) is 5.55. The number of carbonyl (C=O) groups is 1. The number of hydrogen-bond donors (Lipinski definition) is 1. The summed E-state index contributed by atoms with van der Waals surface area (Å²) in [5.74, 6) is -1.52. The summed E-state index contributed by atoms with van der Waals surface area (Å²) >= 11 is 3.36. The van der Waals surface area contributed by atoms with E-state index in [9.17, 15) is 18.0 Å². The number of piperidine rings is 1. The molecule has 0 bridgehead atoms. The zero-order chi connectivity index (χ0) is 15.9. The van der Waals surface area contributed by atoms with Gasteiger partial charge in [0.25, 0.3) is 5.91 Å². The molecule has 1 aromatic heterocycles. The lowest BCUT2D eigenvalue weighted by Gasteiger charge is -2.32. The van der Waals surface area contributed by atoms with Crippen molar-refractivity contribution in [3.05, 3.63) is 34.4 Å². The van der Waals surface area contributed by atoms with Crippen LogP contribution in [0.5, 0.6) is 0 Å². The number of amides is 1. The standard InChI is InChI=1S/C15H14BrF3N2O/c16-10-1-2-13-11(7-10)12(8-20-13)14(22)21-5-3-9(4-6-21)15(17,18)19/h1-2,7-9,20H,3-6H2. The van der Waals surface area contributed by atoms with Gasteiger partial charge in [-0.2, -0.15) is 13.2 Å². The average molecular weight is 375 g/mol. The first-order valence-electron chi connectivity index (χ1n) is 6.99. The molecule has 0 spiro atoms. The van der Waals surface area contributed by atoms with Crippen LogP contribution in [0.4, 0.5) is 13.2 Å². The Labute approximate surface area is 133 Å². The summed E-state index contributed by atoms with van der Waals surface area (Å²) in [7, 11) is 0. The molecule has 1 fully saturated rings. The second-order valence-electron chi connectivity index (χ2n) is 5.50. The van der Waals surface area contributed by atoms with Crippen LogP contribution < -0.4 is 0 Å². The number of likely N-dealkylation sites (tertiary alicyclic amines) is 1. The number of carbonyl (C=O) groups excluding carboxylic acids is 1. The molecule has 0 unspecified atom stereocenters. The van der Waals surface area contributed by atoms with E-state index < -0.39 is 12.1 Å². The van der Waals surface area contributed by atoms with Crippen LogP contribution in [0.2, 0.25) is 0 Å². The van der Waals surface area contributed by atoms with Crippen molar-refractivity contribution in [1.82, 2.24) is 9.88 Å². The van der Waals surface area contributed by atoms with E-state index in [0.717, 1.165) is 15.4 Å². The summed E-state index contributed by atoms with van der Waals surface area (Å²) in [6.45, 7) is 0.285. The van der Waals surface area contributed by atoms with Gasteiger partial charge in [0.2, 0.25) is 0 Å². The van der Waals surface area contributed by atoms with E-state index >= 15 is 0 Å². The highest BCUT2D eigenvalue weighted by Crippen LogP contribution is 2.34. The molecular formula is C15H14BrF3N2O. The van der Waals surface area contributed by atoms with E-state index in [1.54, 1.807) is 6.20 Å². The van der Waals surface area contributed by atoms with Crippen LogP contribution in [0.25, 0.3) is 10.9 Å². The van der Waals surface area contributed by atoms with Gasteiger partial charge < -0.3 is 9.88 Å². The van der Waals surface area contributed by atoms with Gasteiger partial charge in [0.15, 0.2) is 0 Å². The van der Waals surface area contributed by atoms with Gasteiger partial charge in [-0.05, 0) is 31.0 Å². The van der Waals surface area contributed by atoms with E-state index in [2.05, 4.69) is 20.9 Å². The highest BCUT2D eigenvalue weighted by atomic mass is 79.9. The Hall–Kier alpha value is -1.50. The normalized spacial score (nSPS) is 17.2. The predicted octanol–water partition coefficient (Wildman–Crippen LogP) is 4.34. The SMILES string of the molecule is O=C(c1c[nH]c2ccc(Br)cc12)N1CCC(C(F)(F)F)CC1. The monoisotopic (exact) mass is 374 g/mol. The maximum Gasteiger partial charge on any atom is 0.391 e. The van der Waals surface area contributed by atoms with Crippen LogP contribution in [0, 0.1) is 5.92 Å². The maximum absolute atomic E-state index is 12.7. The third-order valence-electron chi connectivity index (χ3n) is 4.12. The van der Waals surface area contributed by atoms with Gasteiger partial charge in [-0.1, -0.05) is 15.9 Å². The molecule has 2 aromatic rings. The zero-order valence-electron chi connectivity index (χ0n) is 11.6. The topological polar surface area (TPSA) is 36.1 Å². The number of H-pyrrole nitrogens is 1. The summed E-state index contributed by atoms with van der Waals surface area (Å²) in [5.41, 5.74) is 1.33. The van der Waals surface area contributed by atoms with Gasteiger partial charge in [0, 0.05) is 34.7 Å². The Morgan fingerprint density at radius 3 is 2.59 bits per heavy atom. The average Bonchev–Trinajstić information content (AvgIpc) is 2.88. The predicted molar refractivity (Wildman–Crippen MR) is 80.7 cm³/mol. The molecule has 0 radical (unpaired) electrons. The first-order valence-corrected chi connectivity index (χ1v) is 7.78. The second-order valence-corrected chi connectivity index (χ2v) is 6.42. The Bertz CT molecular complexity index is 702. The third-order valence-corrected chi connectivity index (χ3v) is 4.61. The second kappa shape index (κ2) is 5.61. The van der Waals surface area contributed by atoms with Crippen molar-refractivity contribution >= 4 is 32.7 Å². The minimum Gasteiger partial charge on any atom is -0.360 e. The van der Waals surface area contributed by atoms with E-state index in [1.807, 2.05) is 18.2 Å².